The number of ether oxygens (including phenoxy) is 1. The predicted molar refractivity (Wildman–Crippen MR) is 74.5 cm³/mol. The number of nitrogens with two attached hydrogens (primary N) is 1. The van der Waals surface area contributed by atoms with Crippen LogP contribution in [0.15, 0.2) is 24.3 Å². The van der Waals surface area contributed by atoms with Crippen molar-refractivity contribution in [2.24, 2.45) is 5.84 Å². The van der Waals surface area contributed by atoms with Crippen LogP contribution in [0.4, 0.5) is 0 Å². The van der Waals surface area contributed by atoms with Crippen LogP contribution < -0.4 is 16.0 Å². The lowest BCUT2D eigenvalue weighted by atomic mass is 10.0. The van der Waals surface area contributed by atoms with E-state index in [-0.39, 0.29) is 0 Å². The highest BCUT2D eigenvalue weighted by atomic mass is 32.2. The van der Waals surface area contributed by atoms with E-state index in [0.29, 0.717) is 6.10 Å². The van der Waals surface area contributed by atoms with Crippen LogP contribution >= 0.6 is 0 Å². The molecule has 1 aromatic carbocycles. The Kier molecular flexibility index (Phi) is 4.13. The third-order valence-corrected chi connectivity index (χ3v) is 5.01. The lowest BCUT2D eigenvalue weighted by Gasteiger charge is -2.22. The molecule has 1 aromatic rings. The largest absolute Gasteiger partial charge is 0.490 e. The molecule has 1 aliphatic rings. The molecule has 0 spiro atoms. The van der Waals surface area contributed by atoms with Crippen LogP contribution in [0.2, 0.25) is 0 Å². The highest BCUT2D eigenvalue weighted by molar-refractivity contribution is 7.91. The molecule has 0 aromatic heterocycles. The second-order valence-corrected chi connectivity index (χ2v) is 7.47. The fourth-order valence-corrected chi connectivity index (χ4v) is 2.61. The summed E-state index contributed by atoms with van der Waals surface area (Å²) in [6, 6.07) is 6.98. The first kappa shape index (κ1) is 14.3. The SMILES string of the molecule is CC(C(NN)c1ccc(OC2CC2)cc1)S(C)(=O)=O. The normalized spacial score (nSPS) is 18.9. The predicted octanol–water partition coefficient (Wildman–Crippen LogP) is 1.17. The van der Waals surface area contributed by atoms with Crippen LogP contribution in [0, 0.1) is 0 Å². The van der Waals surface area contributed by atoms with Gasteiger partial charge in [-0.3, -0.25) is 11.3 Å². The van der Waals surface area contributed by atoms with Gasteiger partial charge in [0.05, 0.1) is 17.4 Å². The van der Waals surface area contributed by atoms with E-state index >= 15 is 0 Å². The van der Waals surface area contributed by atoms with Gasteiger partial charge in [0, 0.05) is 6.26 Å². The van der Waals surface area contributed by atoms with E-state index in [4.69, 9.17) is 10.6 Å². The molecule has 19 heavy (non-hydrogen) atoms. The van der Waals surface area contributed by atoms with E-state index in [9.17, 15) is 8.42 Å². The molecule has 0 amide bonds. The van der Waals surface area contributed by atoms with Crippen LogP contribution in [0.3, 0.4) is 0 Å². The maximum Gasteiger partial charge on any atom is 0.151 e. The summed E-state index contributed by atoms with van der Waals surface area (Å²) >= 11 is 0. The van der Waals surface area contributed by atoms with Crippen molar-refractivity contribution in [2.75, 3.05) is 6.26 Å². The van der Waals surface area contributed by atoms with Gasteiger partial charge in [-0.05, 0) is 37.5 Å². The molecular formula is C13H20N2O3S. The van der Waals surface area contributed by atoms with Crippen molar-refractivity contribution >= 4 is 9.84 Å². The summed E-state index contributed by atoms with van der Waals surface area (Å²) < 4.78 is 28.9. The Morgan fingerprint density at radius 2 is 1.89 bits per heavy atom. The van der Waals surface area contributed by atoms with Gasteiger partial charge in [0.2, 0.25) is 0 Å². The van der Waals surface area contributed by atoms with E-state index in [1.54, 1.807) is 6.92 Å². The molecule has 1 saturated carbocycles. The van der Waals surface area contributed by atoms with Crippen molar-refractivity contribution in [3.63, 3.8) is 0 Å². The van der Waals surface area contributed by atoms with Crippen molar-refractivity contribution in [1.82, 2.24) is 5.43 Å². The average molecular weight is 284 g/mol. The molecule has 6 heteroatoms. The zero-order chi connectivity index (χ0) is 14.0. The van der Waals surface area contributed by atoms with Gasteiger partial charge >= 0.3 is 0 Å². The molecule has 0 heterocycles. The van der Waals surface area contributed by atoms with Crippen LogP contribution in [-0.4, -0.2) is 26.0 Å². The topological polar surface area (TPSA) is 81.4 Å². The molecule has 2 unspecified atom stereocenters. The molecule has 0 saturated heterocycles. The zero-order valence-electron chi connectivity index (χ0n) is 11.2. The summed E-state index contributed by atoms with van der Waals surface area (Å²) in [5, 5.41) is -0.590. The molecule has 2 rings (SSSR count). The Balaban J connectivity index is 2.13. The highest BCUT2D eigenvalue weighted by Gasteiger charge is 2.27. The summed E-state index contributed by atoms with van der Waals surface area (Å²) in [4.78, 5) is 0. The van der Waals surface area contributed by atoms with E-state index in [0.717, 1.165) is 24.2 Å². The number of benzene rings is 1. The van der Waals surface area contributed by atoms with Crippen molar-refractivity contribution < 1.29 is 13.2 Å². The third-order valence-electron chi connectivity index (χ3n) is 3.39. The molecule has 2 atom stereocenters. The standard InChI is InChI=1S/C13H20N2O3S/c1-9(19(2,16)17)13(15-14)10-3-5-11(6-4-10)18-12-7-8-12/h3-6,9,12-13,15H,7-8,14H2,1-2H3. The molecule has 0 bridgehead atoms. The molecule has 0 radical (unpaired) electrons. The smallest absolute Gasteiger partial charge is 0.151 e. The molecule has 106 valence electrons. The van der Waals surface area contributed by atoms with Crippen molar-refractivity contribution in [3.05, 3.63) is 29.8 Å². The number of hydrazine groups is 1. The van der Waals surface area contributed by atoms with Gasteiger partial charge in [-0.25, -0.2) is 8.42 Å². The first-order chi connectivity index (χ1) is 8.91. The van der Waals surface area contributed by atoms with Crippen LogP contribution in [-0.2, 0) is 9.84 Å². The quantitative estimate of drug-likeness (QED) is 0.605. The summed E-state index contributed by atoms with van der Waals surface area (Å²) in [6.07, 6.45) is 3.79. The molecule has 1 aliphatic carbocycles. The molecule has 1 fully saturated rings. The van der Waals surface area contributed by atoms with Crippen molar-refractivity contribution in [1.29, 1.82) is 0 Å². The van der Waals surface area contributed by atoms with Crippen molar-refractivity contribution in [3.8, 4) is 5.75 Å². The maximum absolute atomic E-state index is 11.6. The zero-order valence-corrected chi connectivity index (χ0v) is 12.0. The van der Waals surface area contributed by atoms with Gasteiger partial charge in [0.1, 0.15) is 5.75 Å². The molecule has 3 N–H and O–H groups in total. The number of hydrogen-bond acceptors (Lipinski definition) is 5. The average Bonchev–Trinajstić information content (AvgIpc) is 3.15. The number of hydrogen-bond donors (Lipinski definition) is 2. The van der Waals surface area contributed by atoms with Crippen LogP contribution in [0.1, 0.15) is 31.4 Å². The Labute approximate surface area is 114 Å². The molecule has 5 nitrogen and oxygen atoms in total. The molecule has 0 aliphatic heterocycles. The second-order valence-electron chi connectivity index (χ2n) is 5.07. The minimum absolute atomic E-state index is 0.351. The summed E-state index contributed by atoms with van der Waals surface area (Å²) in [7, 11) is -3.16. The maximum atomic E-state index is 11.6. The summed E-state index contributed by atoms with van der Waals surface area (Å²) in [5.74, 6) is 6.30. The van der Waals surface area contributed by atoms with E-state index in [1.165, 1.54) is 6.26 Å². The molecular weight excluding hydrogens is 264 g/mol. The highest BCUT2D eigenvalue weighted by Crippen LogP contribution is 2.28. The monoisotopic (exact) mass is 284 g/mol. The number of rotatable bonds is 6. The van der Waals surface area contributed by atoms with Gasteiger partial charge in [0.25, 0.3) is 0 Å². The van der Waals surface area contributed by atoms with Gasteiger partial charge in [-0.15, -0.1) is 0 Å². The fraction of sp³-hybridized carbons (Fsp3) is 0.538. The Hall–Kier alpha value is -1.11. The first-order valence-electron chi connectivity index (χ1n) is 6.33. The van der Waals surface area contributed by atoms with Gasteiger partial charge in [-0.1, -0.05) is 12.1 Å². The first-order valence-corrected chi connectivity index (χ1v) is 8.29. The van der Waals surface area contributed by atoms with Gasteiger partial charge in [-0.2, -0.15) is 0 Å². The minimum atomic E-state index is -3.16. The lowest BCUT2D eigenvalue weighted by molar-refractivity contribution is 0.303. The van der Waals surface area contributed by atoms with E-state index in [2.05, 4.69) is 5.43 Å². The lowest BCUT2D eigenvalue weighted by Crippen LogP contribution is -2.38. The van der Waals surface area contributed by atoms with Gasteiger partial charge in [0.15, 0.2) is 9.84 Å². The number of sulfone groups is 1. The number of nitrogens with one attached hydrogen (secondary N) is 1. The van der Waals surface area contributed by atoms with Crippen LogP contribution in [0.25, 0.3) is 0 Å². The third kappa shape index (κ3) is 3.68. The minimum Gasteiger partial charge on any atom is -0.490 e. The second kappa shape index (κ2) is 5.48. The van der Waals surface area contributed by atoms with E-state index < -0.39 is 21.1 Å². The Morgan fingerprint density at radius 1 is 1.32 bits per heavy atom. The van der Waals surface area contributed by atoms with Crippen molar-refractivity contribution in [2.45, 2.75) is 37.2 Å². The van der Waals surface area contributed by atoms with Crippen LogP contribution in [0.5, 0.6) is 5.75 Å². The fourth-order valence-electron chi connectivity index (χ4n) is 1.88. The Morgan fingerprint density at radius 3 is 2.32 bits per heavy atom. The summed E-state index contributed by atoms with van der Waals surface area (Å²) in [5.41, 5.74) is 3.41. The summed E-state index contributed by atoms with van der Waals surface area (Å²) in [6.45, 7) is 1.65. The van der Waals surface area contributed by atoms with Gasteiger partial charge < -0.3 is 4.74 Å². The van der Waals surface area contributed by atoms with E-state index in [1.807, 2.05) is 24.3 Å². The Bertz CT molecular complexity index is 523.